The third-order valence-corrected chi connectivity index (χ3v) is 7.82. The molecule has 29 heavy (non-hydrogen) atoms. The van der Waals surface area contributed by atoms with Gasteiger partial charge in [0.15, 0.2) is 0 Å². The first-order chi connectivity index (χ1) is 13.4. The molecule has 1 aromatic heterocycles. The topological polar surface area (TPSA) is 42.4 Å². The van der Waals surface area contributed by atoms with Crippen LogP contribution in [0.25, 0.3) is 11.3 Å². The molecule has 4 heteroatoms. The van der Waals surface area contributed by atoms with E-state index in [2.05, 4.69) is 43.1 Å². The SMILES string of the molecule is CC12CCC(C)(CC1)c1cc(-c3ccc([B]OC(C)(C)C(C)(C)O)cn3)ccc12. The molecule has 3 aliphatic carbocycles. The smallest absolute Gasteiger partial charge is 0.332 e. The van der Waals surface area contributed by atoms with Crippen molar-refractivity contribution in [2.75, 3.05) is 0 Å². The van der Waals surface area contributed by atoms with E-state index in [1.54, 1.807) is 26.9 Å². The molecule has 1 aromatic carbocycles. The Bertz CT molecular complexity index is 903. The Morgan fingerprint density at radius 2 is 1.55 bits per heavy atom. The molecule has 0 saturated heterocycles. The summed E-state index contributed by atoms with van der Waals surface area (Å²) in [7, 11) is 1.68. The molecule has 1 saturated carbocycles. The molecule has 2 aromatic rings. The monoisotopic (exact) mass is 390 g/mol. The van der Waals surface area contributed by atoms with Gasteiger partial charge in [-0.1, -0.05) is 32.0 Å². The Hall–Kier alpha value is -1.65. The highest BCUT2D eigenvalue weighted by Crippen LogP contribution is 2.56. The third kappa shape index (κ3) is 3.55. The van der Waals surface area contributed by atoms with Gasteiger partial charge in [0, 0.05) is 11.8 Å². The van der Waals surface area contributed by atoms with Gasteiger partial charge >= 0.3 is 7.48 Å². The molecule has 1 N–H and O–H groups in total. The molecular formula is C25H33BNO2. The fourth-order valence-corrected chi connectivity index (χ4v) is 4.63. The van der Waals surface area contributed by atoms with Gasteiger partial charge in [0.2, 0.25) is 0 Å². The van der Waals surface area contributed by atoms with E-state index >= 15 is 0 Å². The van der Waals surface area contributed by atoms with Gasteiger partial charge in [-0.2, -0.15) is 0 Å². The maximum Gasteiger partial charge on any atom is 0.332 e. The average Bonchev–Trinajstić information content (AvgIpc) is 2.68. The van der Waals surface area contributed by atoms with Crippen molar-refractivity contribution in [3.8, 4) is 11.3 Å². The van der Waals surface area contributed by atoms with Crippen LogP contribution >= 0.6 is 0 Å². The van der Waals surface area contributed by atoms with Crippen molar-refractivity contribution in [2.24, 2.45) is 0 Å². The first-order valence-electron chi connectivity index (χ1n) is 10.8. The zero-order valence-electron chi connectivity index (χ0n) is 18.7. The first kappa shape index (κ1) is 20.6. The number of pyridine rings is 1. The second kappa shape index (κ2) is 6.68. The molecule has 0 atom stereocenters. The lowest BCUT2D eigenvalue weighted by Crippen LogP contribution is -2.49. The fourth-order valence-electron chi connectivity index (χ4n) is 4.63. The van der Waals surface area contributed by atoms with E-state index in [1.807, 2.05) is 26.1 Å². The van der Waals surface area contributed by atoms with Crippen LogP contribution in [0.15, 0.2) is 36.5 Å². The highest BCUT2D eigenvalue weighted by molar-refractivity contribution is 6.46. The molecule has 1 fully saturated rings. The van der Waals surface area contributed by atoms with Crippen molar-refractivity contribution in [1.29, 1.82) is 0 Å². The lowest BCUT2D eigenvalue weighted by molar-refractivity contribution is -0.0893. The number of aliphatic hydroxyl groups is 1. The maximum atomic E-state index is 10.2. The zero-order chi connectivity index (χ0) is 21.1. The predicted octanol–water partition coefficient (Wildman–Crippen LogP) is 4.66. The minimum absolute atomic E-state index is 0.313. The molecule has 0 amide bonds. The zero-order valence-corrected chi connectivity index (χ0v) is 18.7. The molecule has 0 spiro atoms. The first-order valence-corrected chi connectivity index (χ1v) is 10.8. The van der Waals surface area contributed by atoms with Crippen LogP contribution in [-0.2, 0) is 15.5 Å². The molecule has 0 aliphatic heterocycles. The fraction of sp³-hybridized carbons (Fsp3) is 0.560. The van der Waals surface area contributed by atoms with Crippen molar-refractivity contribution < 1.29 is 9.76 Å². The van der Waals surface area contributed by atoms with E-state index in [1.165, 1.54) is 36.8 Å². The molecule has 1 radical (unpaired) electrons. The van der Waals surface area contributed by atoms with E-state index in [-0.39, 0.29) is 0 Å². The lowest BCUT2D eigenvalue weighted by Gasteiger charge is -2.52. The molecule has 2 bridgehead atoms. The van der Waals surface area contributed by atoms with E-state index in [9.17, 15) is 5.11 Å². The second-order valence-electron chi connectivity index (χ2n) is 10.7. The maximum absolute atomic E-state index is 10.2. The minimum atomic E-state index is -0.938. The van der Waals surface area contributed by atoms with Gasteiger partial charge in [0.25, 0.3) is 0 Å². The van der Waals surface area contributed by atoms with Gasteiger partial charge in [-0.05, 0) is 92.9 Å². The largest absolute Gasteiger partial charge is 0.427 e. The summed E-state index contributed by atoms with van der Waals surface area (Å²) in [5.41, 5.74) is 5.18. The molecular weight excluding hydrogens is 357 g/mol. The van der Waals surface area contributed by atoms with E-state index in [0.29, 0.717) is 10.8 Å². The summed E-state index contributed by atoms with van der Waals surface area (Å²) in [6, 6.07) is 11.0. The predicted molar refractivity (Wildman–Crippen MR) is 120 cm³/mol. The average molecular weight is 390 g/mol. The van der Waals surface area contributed by atoms with Gasteiger partial charge in [-0.25, -0.2) is 0 Å². The van der Waals surface area contributed by atoms with Crippen LogP contribution in [0.4, 0.5) is 0 Å². The normalized spacial score (nSPS) is 26.3. The van der Waals surface area contributed by atoms with E-state index in [4.69, 9.17) is 4.65 Å². The molecule has 3 nitrogen and oxygen atoms in total. The van der Waals surface area contributed by atoms with Crippen molar-refractivity contribution in [1.82, 2.24) is 4.98 Å². The summed E-state index contributed by atoms with van der Waals surface area (Å²) < 4.78 is 5.84. The number of nitrogens with zero attached hydrogens (tertiary/aromatic N) is 1. The third-order valence-electron chi connectivity index (χ3n) is 7.82. The summed E-state index contributed by atoms with van der Waals surface area (Å²) in [5.74, 6) is 0. The minimum Gasteiger partial charge on any atom is -0.427 e. The Labute approximate surface area is 176 Å². The summed E-state index contributed by atoms with van der Waals surface area (Å²) in [6.45, 7) is 12.1. The summed E-state index contributed by atoms with van der Waals surface area (Å²) in [6.07, 6.45) is 7.02. The molecule has 1 heterocycles. The highest BCUT2D eigenvalue weighted by atomic mass is 16.5. The molecule has 153 valence electrons. The Morgan fingerprint density at radius 1 is 0.931 bits per heavy atom. The summed E-state index contributed by atoms with van der Waals surface area (Å²) >= 11 is 0. The second-order valence-corrected chi connectivity index (χ2v) is 10.7. The van der Waals surface area contributed by atoms with Crippen LogP contribution in [0.3, 0.4) is 0 Å². The van der Waals surface area contributed by atoms with Gasteiger partial charge in [-0.15, -0.1) is 0 Å². The van der Waals surface area contributed by atoms with Crippen LogP contribution in [0, 0.1) is 0 Å². The summed E-state index contributed by atoms with van der Waals surface area (Å²) in [4.78, 5) is 4.69. The number of hydrogen-bond donors (Lipinski definition) is 1. The van der Waals surface area contributed by atoms with Crippen molar-refractivity contribution in [3.63, 3.8) is 0 Å². The van der Waals surface area contributed by atoms with Gasteiger partial charge in [0.05, 0.1) is 16.9 Å². The highest BCUT2D eigenvalue weighted by Gasteiger charge is 2.47. The molecule has 5 rings (SSSR count). The quantitative estimate of drug-likeness (QED) is 0.755. The van der Waals surface area contributed by atoms with Crippen molar-refractivity contribution in [3.05, 3.63) is 47.7 Å². The number of hydrogen-bond acceptors (Lipinski definition) is 3. The van der Waals surface area contributed by atoms with E-state index < -0.39 is 11.2 Å². The van der Waals surface area contributed by atoms with Crippen LogP contribution in [-0.4, -0.2) is 28.8 Å². The molecule has 0 unspecified atom stereocenters. The lowest BCUT2D eigenvalue weighted by atomic mass is 9.52. The van der Waals surface area contributed by atoms with Crippen LogP contribution in [0.1, 0.15) is 78.4 Å². The Kier molecular flexibility index (Phi) is 4.75. The number of aromatic nitrogens is 1. The standard InChI is InChI=1S/C25H33BNO2/c1-22(2,28)23(3,4)29-26-18-8-10-21(27-16-18)17-7-9-19-20(15-17)25(6)13-11-24(19,5)12-14-25/h7-10,15-16,28H,11-14H2,1-6H3. The van der Waals surface area contributed by atoms with Crippen LogP contribution in [0.5, 0.6) is 0 Å². The van der Waals surface area contributed by atoms with Crippen LogP contribution in [0.2, 0.25) is 0 Å². The Balaban J connectivity index is 1.55. The Morgan fingerprint density at radius 3 is 2.10 bits per heavy atom. The molecule has 3 aliphatic rings. The van der Waals surface area contributed by atoms with Gasteiger partial charge in [0.1, 0.15) is 0 Å². The number of benzene rings is 1. The van der Waals surface area contributed by atoms with Gasteiger partial charge < -0.3 is 9.76 Å². The van der Waals surface area contributed by atoms with Crippen LogP contribution < -0.4 is 5.46 Å². The van der Waals surface area contributed by atoms with Crippen molar-refractivity contribution >= 4 is 12.9 Å². The van der Waals surface area contributed by atoms with Gasteiger partial charge in [-0.3, -0.25) is 4.98 Å². The van der Waals surface area contributed by atoms with Crippen molar-refractivity contribution in [2.45, 2.75) is 89.3 Å². The number of rotatable bonds is 5. The van der Waals surface area contributed by atoms with E-state index in [0.717, 1.165) is 11.2 Å². The number of fused-ring (bicyclic) bond motifs is 2. The summed E-state index contributed by atoms with van der Waals surface area (Å²) in [5, 5.41) is 10.2.